The predicted molar refractivity (Wildman–Crippen MR) is 67.2 cm³/mol. The Morgan fingerprint density at radius 3 is 3.00 bits per heavy atom. The van der Waals surface area contributed by atoms with E-state index in [2.05, 4.69) is 10.6 Å². The van der Waals surface area contributed by atoms with Crippen LogP contribution in [-0.4, -0.2) is 18.4 Å². The molecule has 1 aliphatic heterocycles. The lowest BCUT2D eigenvalue weighted by atomic mass is 10.2. The maximum absolute atomic E-state index is 11.8. The van der Waals surface area contributed by atoms with Gasteiger partial charge in [0, 0.05) is 5.69 Å². The molecule has 6 nitrogen and oxygen atoms in total. The number of furan rings is 1. The van der Waals surface area contributed by atoms with E-state index < -0.39 is 0 Å². The second-order valence-electron chi connectivity index (χ2n) is 4.01. The van der Waals surface area contributed by atoms with Gasteiger partial charge in [-0.15, -0.1) is 0 Å². The first kappa shape index (κ1) is 11.3. The highest BCUT2D eigenvalue weighted by Crippen LogP contribution is 2.30. The van der Waals surface area contributed by atoms with Crippen LogP contribution in [0.3, 0.4) is 0 Å². The van der Waals surface area contributed by atoms with Gasteiger partial charge in [-0.1, -0.05) is 0 Å². The summed E-state index contributed by atoms with van der Waals surface area (Å²) in [7, 11) is 0. The molecule has 0 saturated carbocycles. The van der Waals surface area contributed by atoms with Crippen molar-refractivity contribution in [2.24, 2.45) is 0 Å². The van der Waals surface area contributed by atoms with Gasteiger partial charge in [0.1, 0.15) is 12.0 Å². The molecule has 2 heterocycles. The fourth-order valence-electron chi connectivity index (χ4n) is 1.76. The van der Waals surface area contributed by atoms with Gasteiger partial charge in [0.15, 0.2) is 6.61 Å². The predicted octanol–water partition coefficient (Wildman–Crippen LogP) is 1.86. The normalized spacial score (nSPS) is 13.2. The maximum atomic E-state index is 11.8. The maximum Gasteiger partial charge on any atom is 0.262 e. The van der Waals surface area contributed by atoms with Crippen molar-refractivity contribution in [3.05, 3.63) is 42.4 Å². The number of ether oxygens (including phenoxy) is 1. The molecule has 0 saturated heterocycles. The Kier molecular flexibility index (Phi) is 2.68. The van der Waals surface area contributed by atoms with Crippen molar-refractivity contribution in [2.45, 2.75) is 0 Å². The second kappa shape index (κ2) is 4.49. The van der Waals surface area contributed by atoms with Crippen molar-refractivity contribution in [1.82, 2.24) is 0 Å². The molecule has 0 radical (unpaired) electrons. The van der Waals surface area contributed by atoms with E-state index in [-0.39, 0.29) is 18.4 Å². The fraction of sp³-hybridized carbons (Fsp3) is 0.0769. The third-order valence-corrected chi connectivity index (χ3v) is 2.65. The molecule has 6 heteroatoms. The third kappa shape index (κ3) is 2.28. The van der Waals surface area contributed by atoms with E-state index in [1.807, 2.05) is 0 Å². The topological polar surface area (TPSA) is 80.6 Å². The third-order valence-electron chi connectivity index (χ3n) is 2.65. The second-order valence-corrected chi connectivity index (χ2v) is 4.01. The van der Waals surface area contributed by atoms with Crippen LogP contribution in [0.15, 0.2) is 41.2 Å². The van der Waals surface area contributed by atoms with E-state index in [1.54, 1.807) is 24.3 Å². The summed E-state index contributed by atoms with van der Waals surface area (Å²) in [4.78, 5) is 23.0. The zero-order chi connectivity index (χ0) is 13.2. The first-order chi connectivity index (χ1) is 9.22. The number of benzene rings is 1. The van der Waals surface area contributed by atoms with Crippen molar-refractivity contribution in [2.75, 3.05) is 17.2 Å². The number of anilines is 2. The minimum Gasteiger partial charge on any atom is -0.482 e. The van der Waals surface area contributed by atoms with Gasteiger partial charge in [-0.05, 0) is 24.3 Å². The number of hydrogen-bond acceptors (Lipinski definition) is 4. The Morgan fingerprint density at radius 2 is 2.21 bits per heavy atom. The van der Waals surface area contributed by atoms with Crippen molar-refractivity contribution < 1.29 is 18.7 Å². The van der Waals surface area contributed by atoms with Crippen molar-refractivity contribution in [1.29, 1.82) is 0 Å². The van der Waals surface area contributed by atoms with Gasteiger partial charge in [-0.2, -0.15) is 0 Å². The number of carbonyl (C=O) groups excluding carboxylic acids is 2. The van der Waals surface area contributed by atoms with E-state index in [0.717, 1.165) is 0 Å². The first-order valence-electron chi connectivity index (χ1n) is 5.62. The van der Waals surface area contributed by atoms with Crippen LogP contribution in [0.4, 0.5) is 11.4 Å². The monoisotopic (exact) mass is 258 g/mol. The number of nitrogens with one attached hydrogen (secondary N) is 2. The minimum absolute atomic E-state index is 0.00766. The highest BCUT2D eigenvalue weighted by molar-refractivity contribution is 6.04. The summed E-state index contributed by atoms with van der Waals surface area (Å²) >= 11 is 0. The van der Waals surface area contributed by atoms with Gasteiger partial charge >= 0.3 is 0 Å². The summed E-state index contributed by atoms with van der Waals surface area (Å²) in [5, 5.41) is 5.38. The summed E-state index contributed by atoms with van der Waals surface area (Å²) in [6.45, 7) is 0.00766. The fourth-order valence-corrected chi connectivity index (χ4v) is 1.76. The van der Waals surface area contributed by atoms with Crippen LogP contribution in [-0.2, 0) is 4.79 Å². The average Bonchev–Trinajstić information content (AvgIpc) is 2.92. The zero-order valence-corrected chi connectivity index (χ0v) is 9.80. The van der Waals surface area contributed by atoms with Gasteiger partial charge in [-0.25, -0.2) is 0 Å². The largest absolute Gasteiger partial charge is 0.482 e. The minimum atomic E-state index is -0.281. The molecule has 1 aromatic heterocycles. The summed E-state index contributed by atoms with van der Waals surface area (Å²) < 4.78 is 10.1. The Bertz CT molecular complexity index is 634. The Balaban J connectivity index is 1.81. The molecule has 2 N–H and O–H groups in total. The van der Waals surface area contributed by atoms with Crippen molar-refractivity contribution >= 4 is 23.2 Å². The standard InChI is InChI=1S/C13H10N2O4/c16-12-7-19-11-2-1-9(5-10(11)15-12)14-13(17)8-3-4-18-6-8/h1-6H,7H2,(H,14,17)(H,15,16). The molecule has 1 aliphatic rings. The lowest BCUT2D eigenvalue weighted by Crippen LogP contribution is -2.25. The van der Waals surface area contributed by atoms with Gasteiger partial charge in [-0.3, -0.25) is 9.59 Å². The molecular formula is C13H10N2O4. The molecule has 96 valence electrons. The molecule has 0 fully saturated rings. The smallest absolute Gasteiger partial charge is 0.262 e. The van der Waals surface area contributed by atoms with Gasteiger partial charge in [0.05, 0.1) is 17.5 Å². The number of hydrogen-bond donors (Lipinski definition) is 2. The quantitative estimate of drug-likeness (QED) is 0.861. The van der Waals surface area contributed by atoms with E-state index >= 15 is 0 Å². The Hall–Kier alpha value is -2.76. The summed E-state index contributed by atoms with van der Waals surface area (Å²) in [5.41, 5.74) is 1.54. The van der Waals surface area contributed by atoms with Gasteiger partial charge in [0.25, 0.3) is 11.8 Å². The van der Waals surface area contributed by atoms with Crippen LogP contribution in [0.5, 0.6) is 5.75 Å². The summed E-state index contributed by atoms with van der Waals surface area (Å²) in [5.74, 6) is 0.0866. The molecular weight excluding hydrogens is 248 g/mol. The first-order valence-corrected chi connectivity index (χ1v) is 5.62. The SMILES string of the molecule is O=C1COc2ccc(NC(=O)c3ccoc3)cc2N1. The Morgan fingerprint density at radius 1 is 1.32 bits per heavy atom. The molecule has 0 aliphatic carbocycles. The van der Waals surface area contributed by atoms with Crippen molar-refractivity contribution in [3.8, 4) is 5.75 Å². The summed E-state index contributed by atoms with van der Waals surface area (Å²) in [6.07, 6.45) is 2.79. The van der Waals surface area contributed by atoms with Crippen LogP contribution in [0.2, 0.25) is 0 Å². The van der Waals surface area contributed by atoms with Crippen LogP contribution >= 0.6 is 0 Å². The van der Waals surface area contributed by atoms with Crippen molar-refractivity contribution in [3.63, 3.8) is 0 Å². The lowest BCUT2D eigenvalue weighted by molar-refractivity contribution is -0.118. The van der Waals surface area contributed by atoms with Crippen LogP contribution < -0.4 is 15.4 Å². The molecule has 3 rings (SSSR count). The van der Waals surface area contributed by atoms with Gasteiger partial charge in [0.2, 0.25) is 0 Å². The van der Waals surface area contributed by atoms with E-state index in [9.17, 15) is 9.59 Å². The Labute approximate surface area is 108 Å². The lowest BCUT2D eigenvalue weighted by Gasteiger charge is -2.18. The summed E-state index contributed by atoms with van der Waals surface area (Å²) in [6, 6.07) is 6.61. The highest BCUT2D eigenvalue weighted by atomic mass is 16.5. The van der Waals surface area contributed by atoms with E-state index in [1.165, 1.54) is 12.5 Å². The molecule has 19 heavy (non-hydrogen) atoms. The number of fused-ring (bicyclic) bond motifs is 1. The molecule has 0 bridgehead atoms. The van der Waals surface area contributed by atoms with E-state index in [4.69, 9.17) is 9.15 Å². The van der Waals surface area contributed by atoms with Gasteiger partial charge < -0.3 is 19.8 Å². The van der Waals surface area contributed by atoms with E-state index in [0.29, 0.717) is 22.7 Å². The zero-order valence-electron chi connectivity index (χ0n) is 9.80. The van der Waals surface area contributed by atoms with Crippen LogP contribution in [0, 0.1) is 0 Å². The molecule has 0 spiro atoms. The van der Waals surface area contributed by atoms with Crippen LogP contribution in [0.25, 0.3) is 0 Å². The van der Waals surface area contributed by atoms with Crippen LogP contribution in [0.1, 0.15) is 10.4 Å². The number of carbonyl (C=O) groups is 2. The highest BCUT2D eigenvalue weighted by Gasteiger charge is 2.16. The molecule has 2 amide bonds. The molecule has 0 atom stereocenters. The molecule has 1 aromatic carbocycles. The molecule has 2 aromatic rings. The molecule has 0 unspecified atom stereocenters. The average molecular weight is 258 g/mol. The number of rotatable bonds is 2. The number of amides is 2.